The summed E-state index contributed by atoms with van der Waals surface area (Å²) in [5.74, 6) is 1.69. The number of aromatic nitrogens is 2. The molecule has 36 heavy (non-hydrogen) atoms. The Morgan fingerprint density at radius 2 is 0.861 bits per heavy atom. The lowest BCUT2D eigenvalue weighted by Gasteiger charge is -2.06. The average Bonchev–Trinajstić information content (AvgIpc) is 3.53. The number of nitrogens with zero attached hydrogens (tertiary/aromatic N) is 2. The highest BCUT2D eigenvalue weighted by molar-refractivity contribution is 7.29. The second-order valence-corrected chi connectivity index (χ2v) is 10.2. The van der Waals surface area contributed by atoms with E-state index in [1.807, 2.05) is 60.7 Å². The van der Waals surface area contributed by atoms with Gasteiger partial charge in [-0.05, 0) is 59.7 Å². The van der Waals surface area contributed by atoms with Crippen molar-refractivity contribution in [3.05, 3.63) is 120 Å². The van der Waals surface area contributed by atoms with Crippen LogP contribution < -0.4 is 9.47 Å². The number of benzene rings is 4. The number of hydrogen-bond acceptors (Lipinski definition) is 6. The van der Waals surface area contributed by atoms with Crippen LogP contribution in [-0.4, -0.2) is 9.97 Å². The van der Waals surface area contributed by atoms with Crippen LogP contribution in [-0.2, 0) is 13.2 Å². The number of thiazole rings is 2. The minimum atomic E-state index is 0.556. The van der Waals surface area contributed by atoms with E-state index < -0.39 is 0 Å². The van der Waals surface area contributed by atoms with Crippen LogP contribution in [0.25, 0.3) is 30.8 Å². The van der Waals surface area contributed by atoms with Gasteiger partial charge in [-0.15, -0.1) is 0 Å². The molecule has 0 N–H and O–H groups in total. The minimum absolute atomic E-state index is 0.556. The average molecular weight is 507 g/mol. The van der Waals surface area contributed by atoms with Gasteiger partial charge in [0.1, 0.15) is 34.7 Å². The summed E-state index contributed by atoms with van der Waals surface area (Å²) in [6, 6.07) is 36.5. The summed E-state index contributed by atoms with van der Waals surface area (Å²) >= 11 is 3.23. The van der Waals surface area contributed by atoms with E-state index in [0.717, 1.165) is 53.4 Å². The molecular formula is C30H22N2O2S2. The summed E-state index contributed by atoms with van der Waals surface area (Å²) in [6.07, 6.45) is 0. The van der Waals surface area contributed by atoms with Gasteiger partial charge < -0.3 is 9.47 Å². The zero-order chi connectivity index (χ0) is 24.2. The second-order valence-electron chi connectivity index (χ2n) is 8.25. The molecule has 6 aromatic rings. The van der Waals surface area contributed by atoms with E-state index in [2.05, 4.69) is 48.5 Å². The Kier molecular flexibility index (Phi) is 6.44. The molecule has 6 rings (SSSR count). The fourth-order valence-corrected chi connectivity index (χ4v) is 5.81. The van der Waals surface area contributed by atoms with Crippen molar-refractivity contribution in [2.24, 2.45) is 0 Å². The van der Waals surface area contributed by atoms with Gasteiger partial charge in [0.15, 0.2) is 9.66 Å². The number of ether oxygens (including phenoxy) is 2. The van der Waals surface area contributed by atoms with Crippen LogP contribution >= 0.6 is 22.7 Å². The van der Waals surface area contributed by atoms with Crippen molar-refractivity contribution in [3.8, 4) is 32.6 Å². The highest BCUT2D eigenvalue weighted by atomic mass is 32.1. The first-order chi connectivity index (χ1) is 17.8. The molecule has 4 aromatic carbocycles. The van der Waals surface area contributed by atoms with E-state index in [9.17, 15) is 0 Å². The molecular weight excluding hydrogens is 484 g/mol. The molecule has 6 heteroatoms. The van der Waals surface area contributed by atoms with Crippen molar-refractivity contribution in [3.63, 3.8) is 0 Å². The third-order valence-electron chi connectivity index (χ3n) is 5.68. The van der Waals surface area contributed by atoms with Crippen molar-refractivity contribution in [2.45, 2.75) is 13.2 Å². The van der Waals surface area contributed by atoms with E-state index in [1.165, 1.54) is 0 Å². The lowest BCUT2D eigenvalue weighted by molar-refractivity contribution is 0.306. The summed E-state index contributed by atoms with van der Waals surface area (Å²) in [7, 11) is 0. The van der Waals surface area contributed by atoms with Gasteiger partial charge in [0.2, 0.25) is 0 Å². The van der Waals surface area contributed by atoms with Gasteiger partial charge in [0.25, 0.3) is 0 Å². The molecule has 0 aliphatic carbocycles. The zero-order valence-corrected chi connectivity index (χ0v) is 21.0. The maximum Gasteiger partial charge on any atom is 0.155 e. The Morgan fingerprint density at radius 1 is 0.472 bits per heavy atom. The molecule has 0 saturated carbocycles. The van der Waals surface area contributed by atoms with Gasteiger partial charge in [-0.3, -0.25) is 0 Å². The van der Waals surface area contributed by atoms with Gasteiger partial charge >= 0.3 is 0 Å². The second kappa shape index (κ2) is 10.3. The first-order valence-electron chi connectivity index (χ1n) is 11.6. The van der Waals surface area contributed by atoms with Crippen molar-refractivity contribution < 1.29 is 9.47 Å². The van der Waals surface area contributed by atoms with Crippen LogP contribution in [0.5, 0.6) is 11.5 Å². The number of hydrogen-bond donors (Lipinski definition) is 0. The Bertz CT molecular complexity index is 1410. The highest BCUT2D eigenvalue weighted by Crippen LogP contribution is 2.37. The predicted molar refractivity (Wildman–Crippen MR) is 148 cm³/mol. The SMILES string of the molecule is c1ccc(COc2ccc(-c3nc4sc(-c5ccc(OCc6ccccc6)cc5)nc4s3)cc2)cc1. The number of rotatable bonds is 8. The molecule has 0 spiro atoms. The molecule has 2 heterocycles. The van der Waals surface area contributed by atoms with Gasteiger partial charge in [-0.25, -0.2) is 9.97 Å². The molecule has 0 bridgehead atoms. The van der Waals surface area contributed by atoms with E-state index in [-0.39, 0.29) is 0 Å². The first kappa shape index (κ1) is 22.5. The highest BCUT2D eigenvalue weighted by Gasteiger charge is 2.13. The zero-order valence-electron chi connectivity index (χ0n) is 19.3. The fourth-order valence-electron chi connectivity index (χ4n) is 3.76. The van der Waals surface area contributed by atoms with Crippen LogP contribution in [0, 0.1) is 0 Å². The monoisotopic (exact) mass is 506 g/mol. The van der Waals surface area contributed by atoms with E-state index in [1.54, 1.807) is 22.7 Å². The van der Waals surface area contributed by atoms with Crippen LogP contribution in [0.15, 0.2) is 109 Å². The van der Waals surface area contributed by atoms with Crippen LogP contribution in [0.3, 0.4) is 0 Å². The fraction of sp³-hybridized carbons (Fsp3) is 0.0667. The number of fused-ring (bicyclic) bond motifs is 1. The lowest BCUT2D eigenvalue weighted by atomic mass is 10.2. The molecule has 2 aromatic heterocycles. The summed E-state index contributed by atoms with van der Waals surface area (Å²) in [5, 5.41) is 1.93. The van der Waals surface area contributed by atoms with E-state index >= 15 is 0 Å². The van der Waals surface area contributed by atoms with Gasteiger partial charge in [0, 0.05) is 11.1 Å². The summed E-state index contributed by atoms with van der Waals surface area (Å²) in [6.45, 7) is 1.11. The smallest absolute Gasteiger partial charge is 0.155 e. The van der Waals surface area contributed by atoms with E-state index in [0.29, 0.717) is 13.2 Å². The van der Waals surface area contributed by atoms with Crippen molar-refractivity contribution in [1.29, 1.82) is 0 Å². The summed E-state index contributed by atoms with van der Waals surface area (Å²) < 4.78 is 11.8. The predicted octanol–water partition coefficient (Wildman–Crippen LogP) is 8.24. The molecule has 4 nitrogen and oxygen atoms in total. The normalized spacial score (nSPS) is 11.0. The minimum Gasteiger partial charge on any atom is -0.489 e. The largest absolute Gasteiger partial charge is 0.489 e. The van der Waals surface area contributed by atoms with Crippen molar-refractivity contribution in [2.75, 3.05) is 0 Å². The summed E-state index contributed by atoms with van der Waals surface area (Å²) in [5.41, 5.74) is 4.44. The van der Waals surface area contributed by atoms with Crippen molar-refractivity contribution >= 4 is 32.3 Å². The maximum atomic E-state index is 5.90. The van der Waals surface area contributed by atoms with Crippen molar-refractivity contribution in [1.82, 2.24) is 9.97 Å². The Morgan fingerprint density at radius 3 is 1.25 bits per heavy atom. The molecule has 0 radical (unpaired) electrons. The first-order valence-corrected chi connectivity index (χ1v) is 13.3. The molecule has 0 atom stereocenters. The van der Waals surface area contributed by atoms with Crippen LogP contribution in [0.2, 0.25) is 0 Å². The Balaban J connectivity index is 1.11. The van der Waals surface area contributed by atoms with E-state index in [4.69, 9.17) is 19.4 Å². The third kappa shape index (κ3) is 5.15. The Hall–Kier alpha value is -4.00. The molecule has 0 aliphatic rings. The maximum absolute atomic E-state index is 5.90. The molecule has 0 amide bonds. The molecule has 176 valence electrons. The van der Waals surface area contributed by atoms with Gasteiger partial charge in [-0.1, -0.05) is 83.3 Å². The summed E-state index contributed by atoms with van der Waals surface area (Å²) in [4.78, 5) is 11.6. The molecule has 0 aliphatic heterocycles. The quantitative estimate of drug-likeness (QED) is 0.208. The van der Waals surface area contributed by atoms with Gasteiger partial charge in [-0.2, -0.15) is 0 Å². The standard InChI is InChI=1S/C30H22N2O2S2/c1-3-7-21(8-4-1)19-33-25-15-11-23(12-16-25)27-31-29-30(35-27)32-28(36-29)24-13-17-26(18-14-24)34-20-22-9-5-2-6-10-22/h1-18H,19-20H2. The molecule has 0 fully saturated rings. The molecule has 0 unspecified atom stereocenters. The third-order valence-corrected chi connectivity index (χ3v) is 7.80. The molecule has 0 saturated heterocycles. The van der Waals surface area contributed by atoms with Crippen LogP contribution in [0.1, 0.15) is 11.1 Å². The van der Waals surface area contributed by atoms with Crippen LogP contribution in [0.4, 0.5) is 0 Å². The Labute approximate surface area is 217 Å². The lowest BCUT2D eigenvalue weighted by Crippen LogP contribution is -1.94. The topological polar surface area (TPSA) is 44.2 Å². The van der Waals surface area contributed by atoms with Gasteiger partial charge in [0.05, 0.1) is 0 Å².